The summed E-state index contributed by atoms with van der Waals surface area (Å²) < 4.78 is 5.86. The number of fused-ring (bicyclic) bond motifs is 1. The molecule has 0 atom stereocenters. The van der Waals surface area contributed by atoms with Gasteiger partial charge in [-0.1, -0.05) is 48.5 Å². The molecular formula is C23H24N6O2. The summed E-state index contributed by atoms with van der Waals surface area (Å²) in [4.78, 5) is 24.1. The van der Waals surface area contributed by atoms with Gasteiger partial charge in [0.25, 0.3) is 0 Å². The van der Waals surface area contributed by atoms with E-state index in [1.807, 2.05) is 66.7 Å². The van der Waals surface area contributed by atoms with E-state index < -0.39 is 0 Å². The number of nitrogens with zero attached hydrogens (tertiary/aromatic N) is 2. The first-order valence-corrected chi connectivity index (χ1v) is 10.1. The van der Waals surface area contributed by atoms with Crippen molar-refractivity contribution < 1.29 is 9.53 Å². The molecule has 8 nitrogen and oxygen atoms in total. The zero-order chi connectivity index (χ0) is 21.5. The van der Waals surface area contributed by atoms with Crippen LogP contribution < -0.4 is 20.7 Å². The molecule has 0 fully saturated rings. The maximum atomic E-state index is 11.4. The Kier molecular flexibility index (Phi) is 6.27. The molecule has 0 radical (unpaired) electrons. The van der Waals surface area contributed by atoms with E-state index in [1.54, 1.807) is 7.05 Å². The van der Waals surface area contributed by atoms with Gasteiger partial charge in [0, 0.05) is 25.7 Å². The van der Waals surface area contributed by atoms with Crippen molar-refractivity contribution in [3.8, 4) is 17.1 Å². The van der Waals surface area contributed by atoms with Crippen molar-refractivity contribution >= 4 is 22.9 Å². The number of rotatable bonds is 8. The van der Waals surface area contributed by atoms with Crippen molar-refractivity contribution in [2.24, 2.45) is 0 Å². The summed E-state index contributed by atoms with van der Waals surface area (Å²) in [6.45, 7) is 1.37. The van der Waals surface area contributed by atoms with Crippen LogP contribution in [0.25, 0.3) is 22.4 Å². The summed E-state index contributed by atoms with van der Waals surface area (Å²) in [5.74, 6) is 2.12. The Hall–Kier alpha value is -4.07. The van der Waals surface area contributed by atoms with Gasteiger partial charge in [-0.15, -0.1) is 0 Å². The molecule has 2 aromatic carbocycles. The van der Waals surface area contributed by atoms with E-state index in [0.717, 1.165) is 28.0 Å². The molecule has 0 bridgehead atoms. The van der Waals surface area contributed by atoms with E-state index in [-0.39, 0.29) is 6.03 Å². The first-order valence-electron chi connectivity index (χ1n) is 10.1. The van der Waals surface area contributed by atoms with Crippen molar-refractivity contribution in [2.75, 3.05) is 25.5 Å². The van der Waals surface area contributed by atoms with Crippen LogP contribution in [-0.2, 0) is 6.61 Å². The largest absolute Gasteiger partial charge is 0.487 e. The topological polar surface area (TPSA) is 104 Å². The lowest BCUT2D eigenvalue weighted by Gasteiger charge is -2.09. The Morgan fingerprint density at radius 1 is 1.00 bits per heavy atom. The minimum Gasteiger partial charge on any atom is -0.487 e. The average Bonchev–Trinajstić information content (AvgIpc) is 3.24. The van der Waals surface area contributed by atoms with Crippen molar-refractivity contribution in [3.63, 3.8) is 0 Å². The third kappa shape index (κ3) is 5.11. The highest BCUT2D eigenvalue weighted by atomic mass is 16.5. The highest BCUT2D eigenvalue weighted by molar-refractivity contribution is 5.89. The van der Waals surface area contributed by atoms with Crippen LogP contribution in [0.5, 0.6) is 5.75 Å². The molecule has 0 aliphatic rings. The SMILES string of the molecule is CNC(=O)NCCNc1nc(-c2ccccc2)nc2[nH]c(COc3ccccc3)cc12. The third-order valence-corrected chi connectivity index (χ3v) is 4.64. The van der Waals surface area contributed by atoms with Gasteiger partial charge in [-0.2, -0.15) is 0 Å². The van der Waals surface area contributed by atoms with Gasteiger partial charge in [-0.05, 0) is 18.2 Å². The number of benzene rings is 2. The number of ether oxygens (including phenoxy) is 1. The molecule has 0 aliphatic heterocycles. The second-order valence-electron chi connectivity index (χ2n) is 6.85. The van der Waals surface area contributed by atoms with Gasteiger partial charge in [0.05, 0.1) is 11.1 Å². The molecular weight excluding hydrogens is 392 g/mol. The van der Waals surface area contributed by atoms with Gasteiger partial charge < -0.3 is 25.7 Å². The standard InChI is InChI=1S/C23H24N6O2/c1-24-23(30)26-13-12-25-21-19-14-17(15-31-18-10-6-3-7-11-18)27-22(19)29-20(28-21)16-8-4-2-5-9-16/h2-11,14H,12-13,15H2,1H3,(H2,24,26,30)(H2,25,27,28,29). The lowest BCUT2D eigenvalue weighted by atomic mass is 10.2. The maximum Gasteiger partial charge on any atom is 0.314 e. The fourth-order valence-electron chi connectivity index (χ4n) is 3.12. The van der Waals surface area contributed by atoms with Gasteiger partial charge in [0.15, 0.2) is 5.82 Å². The summed E-state index contributed by atoms with van der Waals surface area (Å²) in [5.41, 5.74) is 2.54. The van der Waals surface area contributed by atoms with Crippen LogP contribution in [0.1, 0.15) is 5.69 Å². The first kappa shape index (κ1) is 20.2. The summed E-state index contributed by atoms with van der Waals surface area (Å²) in [6.07, 6.45) is 0. The molecule has 4 N–H and O–H groups in total. The van der Waals surface area contributed by atoms with Crippen LogP contribution in [0.15, 0.2) is 66.7 Å². The molecule has 4 rings (SSSR count). The Balaban J connectivity index is 1.58. The lowest BCUT2D eigenvalue weighted by molar-refractivity contribution is 0.243. The van der Waals surface area contributed by atoms with Gasteiger partial charge in [0.2, 0.25) is 0 Å². The second-order valence-corrected chi connectivity index (χ2v) is 6.85. The number of carbonyl (C=O) groups excluding carboxylic acids is 1. The number of aromatic amines is 1. The normalized spacial score (nSPS) is 10.6. The number of anilines is 1. The van der Waals surface area contributed by atoms with Crippen LogP contribution in [0.2, 0.25) is 0 Å². The molecule has 31 heavy (non-hydrogen) atoms. The van der Waals surface area contributed by atoms with E-state index in [9.17, 15) is 4.79 Å². The quantitative estimate of drug-likeness (QED) is 0.329. The molecule has 2 heterocycles. The Morgan fingerprint density at radius 2 is 1.74 bits per heavy atom. The van der Waals surface area contributed by atoms with Crippen molar-refractivity contribution in [3.05, 3.63) is 72.4 Å². The fourth-order valence-corrected chi connectivity index (χ4v) is 3.12. The predicted molar refractivity (Wildman–Crippen MR) is 121 cm³/mol. The van der Waals surface area contributed by atoms with Gasteiger partial charge >= 0.3 is 6.03 Å². The number of nitrogens with one attached hydrogen (secondary N) is 4. The number of hydrogen-bond donors (Lipinski definition) is 4. The predicted octanol–water partition coefficient (Wildman–Crippen LogP) is 3.54. The van der Waals surface area contributed by atoms with E-state index in [0.29, 0.717) is 31.3 Å². The number of H-pyrrole nitrogens is 1. The minimum atomic E-state index is -0.221. The molecule has 8 heteroatoms. The van der Waals surface area contributed by atoms with Crippen molar-refractivity contribution in [1.82, 2.24) is 25.6 Å². The molecule has 2 aromatic heterocycles. The molecule has 158 valence electrons. The number of aromatic nitrogens is 3. The molecule has 2 amide bonds. The van der Waals surface area contributed by atoms with Gasteiger partial charge in [0.1, 0.15) is 23.8 Å². The van der Waals surface area contributed by atoms with Crippen molar-refractivity contribution in [1.29, 1.82) is 0 Å². The van der Waals surface area contributed by atoms with E-state index in [2.05, 4.69) is 20.9 Å². The fraction of sp³-hybridized carbons (Fsp3) is 0.174. The third-order valence-electron chi connectivity index (χ3n) is 4.64. The van der Waals surface area contributed by atoms with Gasteiger partial charge in [-0.3, -0.25) is 0 Å². The van der Waals surface area contributed by atoms with Gasteiger partial charge in [-0.25, -0.2) is 14.8 Å². The summed E-state index contributed by atoms with van der Waals surface area (Å²) in [7, 11) is 1.59. The smallest absolute Gasteiger partial charge is 0.314 e. The molecule has 0 saturated carbocycles. The number of urea groups is 1. The van der Waals surface area contributed by atoms with Crippen LogP contribution >= 0.6 is 0 Å². The first-order chi connectivity index (χ1) is 15.2. The van der Waals surface area contributed by atoms with Crippen LogP contribution in [0.3, 0.4) is 0 Å². The monoisotopic (exact) mass is 416 g/mol. The minimum absolute atomic E-state index is 0.221. The lowest BCUT2D eigenvalue weighted by Crippen LogP contribution is -2.35. The summed E-state index contributed by atoms with van der Waals surface area (Å²) in [5, 5.41) is 9.47. The van der Waals surface area contributed by atoms with E-state index in [1.165, 1.54) is 0 Å². The average molecular weight is 416 g/mol. The summed E-state index contributed by atoms with van der Waals surface area (Å²) in [6, 6.07) is 21.2. The molecule has 4 aromatic rings. The highest BCUT2D eigenvalue weighted by Gasteiger charge is 2.13. The Morgan fingerprint density at radius 3 is 2.48 bits per heavy atom. The number of amides is 2. The zero-order valence-corrected chi connectivity index (χ0v) is 17.2. The number of para-hydroxylation sites is 1. The van der Waals surface area contributed by atoms with E-state index >= 15 is 0 Å². The molecule has 0 aliphatic carbocycles. The number of carbonyl (C=O) groups is 1. The molecule has 0 spiro atoms. The summed E-state index contributed by atoms with van der Waals surface area (Å²) >= 11 is 0. The zero-order valence-electron chi connectivity index (χ0n) is 17.2. The van der Waals surface area contributed by atoms with Crippen LogP contribution in [0, 0.1) is 0 Å². The van der Waals surface area contributed by atoms with E-state index in [4.69, 9.17) is 14.7 Å². The van der Waals surface area contributed by atoms with Crippen LogP contribution in [0.4, 0.5) is 10.6 Å². The van der Waals surface area contributed by atoms with Crippen molar-refractivity contribution in [2.45, 2.75) is 6.61 Å². The Labute approximate surface area is 180 Å². The Bertz CT molecular complexity index is 1140. The second kappa shape index (κ2) is 9.62. The molecule has 0 saturated heterocycles. The molecule has 0 unspecified atom stereocenters. The number of hydrogen-bond acceptors (Lipinski definition) is 5. The highest BCUT2D eigenvalue weighted by Crippen LogP contribution is 2.26. The van der Waals surface area contributed by atoms with Crippen LogP contribution in [-0.4, -0.2) is 41.1 Å². The maximum absolute atomic E-state index is 11.4.